The third-order valence-electron chi connectivity index (χ3n) is 5.98. The van der Waals surface area contributed by atoms with Crippen molar-refractivity contribution in [1.82, 2.24) is 10.6 Å². The molecule has 3 heteroatoms. The average Bonchev–Trinajstić information content (AvgIpc) is 2.54. The quantitative estimate of drug-likeness (QED) is 0.888. The number of piperidine rings is 1. The maximum absolute atomic E-state index is 12.5. The second-order valence-corrected chi connectivity index (χ2v) is 8.70. The highest BCUT2D eigenvalue weighted by atomic mass is 16.1. The zero-order valence-electron chi connectivity index (χ0n) is 15.5. The molecule has 24 heavy (non-hydrogen) atoms. The first-order valence-corrected chi connectivity index (χ1v) is 9.50. The molecule has 0 radical (unpaired) electrons. The highest BCUT2D eigenvalue weighted by Crippen LogP contribution is 2.43. The minimum absolute atomic E-state index is 0.166. The minimum atomic E-state index is 0.166. The Hall–Kier alpha value is -1.35. The Morgan fingerprint density at radius 1 is 1.17 bits per heavy atom. The molecule has 0 unspecified atom stereocenters. The fourth-order valence-corrected chi connectivity index (χ4v) is 3.98. The molecule has 2 aliphatic rings. The van der Waals surface area contributed by atoms with Crippen molar-refractivity contribution in [2.24, 2.45) is 5.92 Å². The van der Waals surface area contributed by atoms with E-state index in [0.717, 1.165) is 32.5 Å². The van der Waals surface area contributed by atoms with E-state index < -0.39 is 0 Å². The lowest BCUT2D eigenvalue weighted by Gasteiger charge is -2.43. The number of amides is 1. The van der Waals surface area contributed by atoms with Gasteiger partial charge in [0.05, 0.1) is 0 Å². The lowest BCUT2D eigenvalue weighted by Crippen LogP contribution is -2.48. The van der Waals surface area contributed by atoms with Gasteiger partial charge in [-0.05, 0) is 55.3 Å². The first kappa shape index (κ1) is 17.5. The van der Waals surface area contributed by atoms with E-state index >= 15 is 0 Å². The Morgan fingerprint density at radius 2 is 1.79 bits per heavy atom. The van der Waals surface area contributed by atoms with E-state index in [-0.39, 0.29) is 22.7 Å². The Bertz CT molecular complexity index is 560. The van der Waals surface area contributed by atoms with Crippen LogP contribution in [0.4, 0.5) is 0 Å². The molecule has 1 saturated heterocycles. The summed E-state index contributed by atoms with van der Waals surface area (Å²) in [4.78, 5) is 12.5. The Kier molecular flexibility index (Phi) is 5.00. The van der Waals surface area contributed by atoms with Gasteiger partial charge in [-0.1, -0.05) is 51.5 Å². The van der Waals surface area contributed by atoms with Crippen LogP contribution in [-0.2, 0) is 15.6 Å². The molecule has 1 aromatic carbocycles. The number of hydrogen-bond donors (Lipinski definition) is 2. The summed E-state index contributed by atoms with van der Waals surface area (Å²) in [5.41, 5.74) is 3.12. The van der Waals surface area contributed by atoms with Crippen LogP contribution in [0.2, 0.25) is 0 Å². The number of benzene rings is 1. The monoisotopic (exact) mass is 328 g/mol. The van der Waals surface area contributed by atoms with Crippen molar-refractivity contribution in [3.63, 3.8) is 0 Å². The maximum atomic E-state index is 12.5. The minimum Gasteiger partial charge on any atom is -0.355 e. The van der Waals surface area contributed by atoms with E-state index in [2.05, 4.69) is 55.7 Å². The van der Waals surface area contributed by atoms with Crippen molar-refractivity contribution < 1.29 is 4.79 Å². The van der Waals surface area contributed by atoms with Gasteiger partial charge in [-0.3, -0.25) is 4.79 Å². The van der Waals surface area contributed by atoms with Crippen molar-refractivity contribution >= 4 is 5.91 Å². The fourth-order valence-electron chi connectivity index (χ4n) is 3.98. The predicted octanol–water partition coefficient (Wildman–Crippen LogP) is 3.52. The van der Waals surface area contributed by atoms with Gasteiger partial charge in [0.2, 0.25) is 5.91 Å². The molecule has 1 aromatic rings. The van der Waals surface area contributed by atoms with Gasteiger partial charge in [0.15, 0.2) is 0 Å². The summed E-state index contributed by atoms with van der Waals surface area (Å²) in [7, 11) is 0. The van der Waals surface area contributed by atoms with Gasteiger partial charge in [0.1, 0.15) is 0 Å². The number of rotatable bonds is 4. The van der Waals surface area contributed by atoms with Crippen LogP contribution in [0.15, 0.2) is 24.3 Å². The first-order valence-electron chi connectivity index (χ1n) is 9.50. The third kappa shape index (κ3) is 3.66. The molecule has 1 amide bonds. The molecule has 0 spiro atoms. The van der Waals surface area contributed by atoms with Gasteiger partial charge in [0, 0.05) is 17.9 Å². The molecule has 1 saturated carbocycles. The zero-order valence-corrected chi connectivity index (χ0v) is 15.5. The van der Waals surface area contributed by atoms with Crippen LogP contribution >= 0.6 is 0 Å². The topological polar surface area (TPSA) is 41.1 Å². The summed E-state index contributed by atoms with van der Waals surface area (Å²) < 4.78 is 0. The van der Waals surface area contributed by atoms with Crippen molar-refractivity contribution in [1.29, 1.82) is 0 Å². The lowest BCUT2D eigenvalue weighted by atomic mass is 9.64. The summed E-state index contributed by atoms with van der Waals surface area (Å²) in [6.45, 7) is 9.49. The smallest absolute Gasteiger partial charge is 0.223 e. The zero-order chi connectivity index (χ0) is 17.2. The largest absolute Gasteiger partial charge is 0.355 e. The molecule has 132 valence electrons. The van der Waals surface area contributed by atoms with Crippen molar-refractivity contribution in [3.8, 4) is 0 Å². The average molecular weight is 329 g/mol. The van der Waals surface area contributed by atoms with Gasteiger partial charge in [-0.2, -0.15) is 0 Å². The Labute approximate surface area is 146 Å². The highest BCUT2D eigenvalue weighted by molar-refractivity contribution is 5.78. The summed E-state index contributed by atoms with van der Waals surface area (Å²) in [6.07, 6.45) is 5.59. The van der Waals surface area contributed by atoms with E-state index in [1.807, 2.05) is 0 Å². The van der Waals surface area contributed by atoms with Crippen LogP contribution < -0.4 is 10.6 Å². The molecule has 1 aliphatic heterocycles. The molecule has 0 bridgehead atoms. The molecule has 1 aliphatic carbocycles. The van der Waals surface area contributed by atoms with Crippen LogP contribution in [0.25, 0.3) is 0 Å². The van der Waals surface area contributed by atoms with Crippen LogP contribution in [0.5, 0.6) is 0 Å². The predicted molar refractivity (Wildman–Crippen MR) is 99.3 cm³/mol. The number of carbonyl (C=O) groups is 1. The normalized spacial score (nSPS) is 21.1. The molecular weight excluding hydrogens is 296 g/mol. The molecule has 3 rings (SSSR count). The number of carbonyl (C=O) groups excluding carboxylic acids is 1. The summed E-state index contributed by atoms with van der Waals surface area (Å²) in [5, 5.41) is 6.60. The van der Waals surface area contributed by atoms with Crippen LogP contribution in [-0.4, -0.2) is 25.5 Å². The van der Waals surface area contributed by atoms with Gasteiger partial charge in [-0.25, -0.2) is 0 Å². The number of nitrogens with one attached hydrogen (secondary N) is 2. The summed E-state index contributed by atoms with van der Waals surface area (Å²) >= 11 is 0. The van der Waals surface area contributed by atoms with Gasteiger partial charge < -0.3 is 10.6 Å². The fraction of sp³-hybridized carbons (Fsp3) is 0.667. The van der Waals surface area contributed by atoms with Crippen molar-refractivity contribution in [3.05, 3.63) is 35.4 Å². The highest BCUT2D eigenvalue weighted by Gasteiger charge is 2.39. The first-order chi connectivity index (χ1) is 11.4. The maximum Gasteiger partial charge on any atom is 0.223 e. The van der Waals surface area contributed by atoms with Gasteiger partial charge in [0.25, 0.3) is 0 Å². The molecule has 3 nitrogen and oxygen atoms in total. The second-order valence-electron chi connectivity index (χ2n) is 8.70. The van der Waals surface area contributed by atoms with E-state index in [1.54, 1.807) is 0 Å². The Balaban J connectivity index is 1.65. The molecular formula is C21H32N2O. The lowest BCUT2D eigenvalue weighted by molar-refractivity contribution is -0.126. The summed E-state index contributed by atoms with van der Waals surface area (Å²) in [6, 6.07) is 9.11. The SMILES string of the molecule is CC(C)(C)c1ccc(C2(CNC(=O)C3CCNCC3)CCC2)cc1. The van der Waals surface area contributed by atoms with Crippen molar-refractivity contribution in [2.75, 3.05) is 19.6 Å². The molecule has 2 N–H and O–H groups in total. The Morgan fingerprint density at radius 3 is 2.29 bits per heavy atom. The van der Waals surface area contributed by atoms with Gasteiger partial charge in [-0.15, -0.1) is 0 Å². The molecule has 0 atom stereocenters. The van der Waals surface area contributed by atoms with Crippen LogP contribution in [0.3, 0.4) is 0 Å². The van der Waals surface area contributed by atoms with Crippen LogP contribution in [0.1, 0.15) is 64.0 Å². The number of hydrogen-bond acceptors (Lipinski definition) is 2. The van der Waals surface area contributed by atoms with E-state index in [9.17, 15) is 4.79 Å². The van der Waals surface area contributed by atoms with E-state index in [1.165, 1.54) is 30.4 Å². The summed E-state index contributed by atoms with van der Waals surface area (Å²) in [5.74, 6) is 0.459. The standard InChI is InChI=1S/C21H32N2O/c1-20(2,3)17-5-7-18(8-6-17)21(11-4-12-21)15-23-19(24)16-9-13-22-14-10-16/h5-8,16,22H,4,9-15H2,1-3H3,(H,23,24). The van der Waals surface area contributed by atoms with Crippen molar-refractivity contribution in [2.45, 2.75) is 63.7 Å². The molecule has 1 heterocycles. The second kappa shape index (κ2) is 6.87. The van der Waals surface area contributed by atoms with E-state index in [4.69, 9.17) is 0 Å². The van der Waals surface area contributed by atoms with Crippen LogP contribution in [0, 0.1) is 5.92 Å². The molecule has 0 aromatic heterocycles. The van der Waals surface area contributed by atoms with E-state index in [0.29, 0.717) is 0 Å². The molecule has 2 fully saturated rings. The van der Waals surface area contributed by atoms with Gasteiger partial charge >= 0.3 is 0 Å². The third-order valence-corrected chi connectivity index (χ3v) is 5.98.